The largest absolute Gasteiger partial charge is 0.369 e. The number of hydrogen-bond donors (Lipinski definition) is 3. The van der Waals surface area contributed by atoms with E-state index in [1.165, 1.54) is 18.0 Å². The second-order valence-electron chi connectivity index (χ2n) is 18.8. The number of nitriles is 2. The third-order valence-electron chi connectivity index (χ3n) is 14.5. The smallest absolute Gasteiger partial charge is 0.301 e. The molecule has 20 heteroatoms. The fraction of sp³-hybridized carbons (Fsp3) is 0.380. The lowest BCUT2D eigenvalue weighted by atomic mass is 9.87. The number of anilines is 2. The van der Waals surface area contributed by atoms with Crippen molar-refractivity contribution in [3.05, 3.63) is 112 Å². The minimum Gasteiger partial charge on any atom is -0.369 e. The van der Waals surface area contributed by atoms with Crippen LogP contribution in [-0.2, 0) is 26.3 Å². The van der Waals surface area contributed by atoms with Crippen molar-refractivity contribution < 1.29 is 40.8 Å². The van der Waals surface area contributed by atoms with E-state index >= 15 is 8.78 Å². The molecule has 0 bridgehead atoms. The molecule has 3 amide bonds. The number of hydrogen-bond acceptors (Lipinski definition) is 11. The van der Waals surface area contributed by atoms with E-state index in [1.807, 2.05) is 16.9 Å². The van der Waals surface area contributed by atoms with Gasteiger partial charge in [-0.05, 0) is 117 Å². The maximum Gasteiger partial charge on any atom is 0.301 e. The van der Waals surface area contributed by atoms with Gasteiger partial charge in [-0.2, -0.15) is 23.2 Å². The summed E-state index contributed by atoms with van der Waals surface area (Å²) < 4.78 is 73.4. The van der Waals surface area contributed by atoms with Crippen LogP contribution < -0.4 is 14.9 Å². The number of carbonyl (C=O) groups excluding carboxylic acids is 4. The Morgan fingerprint density at radius 1 is 0.886 bits per heavy atom. The summed E-state index contributed by atoms with van der Waals surface area (Å²) in [6, 6.07) is 16.4. The molecular formula is C50H47F3N10O6S. The number of nitrogens with one attached hydrogen (secondary N) is 3. The van der Waals surface area contributed by atoms with Gasteiger partial charge in [-0.3, -0.25) is 29.2 Å². The minimum atomic E-state index is -4.41. The number of carbonyl (C=O) groups is 4. The van der Waals surface area contributed by atoms with Crippen LogP contribution in [-0.4, -0.2) is 114 Å². The number of piperidine rings is 3. The summed E-state index contributed by atoms with van der Waals surface area (Å²) in [4.78, 5) is 64.7. The van der Waals surface area contributed by atoms with Crippen molar-refractivity contribution in [1.29, 1.82) is 10.5 Å². The lowest BCUT2D eigenvalue weighted by molar-refractivity contribution is -0.136. The monoisotopic (exact) mass is 972 g/mol. The number of amides is 3. The number of nitrogens with zero attached hydrogens (tertiary/aromatic N) is 7. The highest BCUT2D eigenvalue weighted by molar-refractivity contribution is 7.90. The Bertz CT molecular complexity index is 3150. The molecule has 5 aliphatic rings. The molecule has 3 N–H and O–H groups in total. The zero-order valence-electron chi connectivity index (χ0n) is 37.8. The van der Waals surface area contributed by atoms with Gasteiger partial charge >= 0.3 is 10.2 Å². The second kappa shape index (κ2) is 18.6. The Morgan fingerprint density at radius 3 is 2.31 bits per heavy atom. The molecule has 2 atom stereocenters. The number of rotatable bonds is 11. The van der Waals surface area contributed by atoms with Crippen LogP contribution in [0.4, 0.5) is 24.5 Å². The van der Waals surface area contributed by atoms with Gasteiger partial charge in [0.25, 0.3) is 5.91 Å². The number of alkyl halides is 1. The van der Waals surface area contributed by atoms with Gasteiger partial charge in [-0.1, -0.05) is 12.1 Å². The predicted octanol–water partition coefficient (Wildman–Crippen LogP) is 6.04. The average molecular weight is 973 g/mol. The maximum absolute atomic E-state index is 15.9. The first-order chi connectivity index (χ1) is 33.7. The zero-order valence-corrected chi connectivity index (χ0v) is 38.6. The lowest BCUT2D eigenvalue weighted by Gasteiger charge is -2.39. The molecule has 4 fully saturated rings. The standard InChI is InChI=1S/C50H47F3N10O6S/c51-36-11-16-62(27-36)70(68,69)59-41-4-3-40(52)44(45(41)53)47(65)39-24-57-48-38(39)20-34(23-56-48)31-18-32(21-54)46(33(19-31)22-55)61-14-7-28(8-15-61)25-60-12-9-29(10-13-60)30-1-2-37-35(17-30)26-63(50(37)67)42-5-6-43(64)58-49(42)66/h1-4,17-20,23-24,28-29,36,42,59H,5-16,25-27H2,(H,56,57)(H,58,64,66)/t36-,42?/m1/s1. The molecule has 0 saturated carbocycles. The molecule has 360 valence electrons. The Labute approximate surface area is 401 Å². The number of halogens is 3. The Balaban J connectivity index is 0.782. The molecule has 4 saturated heterocycles. The van der Waals surface area contributed by atoms with Gasteiger partial charge in [-0.25, -0.2) is 18.2 Å². The molecule has 70 heavy (non-hydrogen) atoms. The van der Waals surface area contributed by atoms with Crippen molar-refractivity contribution in [2.75, 3.05) is 55.4 Å². The van der Waals surface area contributed by atoms with Crippen molar-refractivity contribution in [3.8, 4) is 23.3 Å². The van der Waals surface area contributed by atoms with Crippen molar-refractivity contribution in [2.24, 2.45) is 5.92 Å². The summed E-state index contributed by atoms with van der Waals surface area (Å²) in [6.45, 7) is 3.86. The normalized spacial score (nSPS) is 20.7. The van der Waals surface area contributed by atoms with Gasteiger partial charge in [-0.15, -0.1) is 0 Å². The molecule has 2 aromatic heterocycles. The van der Waals surface area contributed by atoms with E-state index in [4.69, 9.17) is 0 Å². The number of benzene rings is 3. The summed E-state index contributed by atoms with van der Waals surface area (Å²) in [5.74, 6) is -3.93. The molecule has 0 radical (unpaired) electrons. The van der Waals surface area contributed by atoms with Crippen molar-refractivity contribution in [3.63, 3.8) is 0 Å². The van der Waals surface area contributed by atoms with Gasteiger partial charge in [0, 0.05) is 80.2 Å². The third kappa shape index (κ3) is 8.75. The van der Waals surface area contributed by atoms with Crippen LogP contribution in [0.3, 0.4) is 0 Å². The van der Waals surface area contributed by atoms with Gasteiger partial charge in [0.2, 0.25) is 17.6 Å². The number of ketones is 1. The second-order valence-corrected chi connectivity index (χ2v) is 20.4. The third-order valence-corrected chi connectivity index (χ3v) is 16.0. The van der Waals surface area contributed by atoms with E-state index in [0.29, 0.717) is 60.3 Å². The van der Waals surface area contributed by atoms with E-state index in [-0.39, 0.29) is 58.9 Å². The summed E-state index contributed by atoms with van der Waals surface area (Å²) in [5.41, 5.74) is 3.03. The number of likely N-dealkylation sites (tertiary alicyclic amines) is 1. The first-order valence-electron chi connectivity index (χ1n) is 23.3. The number of imide groups is 1. The molecule has 7 heterocycles. The molecule has 0 aliphatic carbocycles. The van der Waals surface area contributed by atoms with Crippen LogP contribution in [0.2, 0.25) is 0 Å². The highest BCUT2D eigenvalue weighted by Gasteiger charge is 2.40. The van der Waals surface area contributed by atoms with Crippen LogP contribution in [0.1, 0.15) is 99.4 Å². The van der Waals surface area contributed by atoms with E-state index in [0.717, 1.165) is 67.3 Å². The fourth-order valence-corrected chi connectivity index (χ4v) is 12.0. The zero-order chi connectivity index (χ0) is 49.0. The summed E-state index contributed by atoms with van der Waals surface area (Å²) in [6.07, 6.45) is 5.51. The molecule has 5 aliphatic heterocycles. The minimum absolute atomic E-state index is 0.0274. The lowest BCUT2D eigenvalue weighted by Crippen LogP contribution is -2.52. The Morgan fingerprint density at radius 2 is 1.63 bits per heavy atom. The maximum atomic E-state index is 15.9. The quantitative estimate of drug-likeness (QED) is 0.102. The SMILES string of the molecule is N#Cc1cc(-c2cnc3[nH]cc(C(=O)c4c(F)ccc(NS(=O)(=O)N5CC[C@@H](F)C5)c4F)c3c2)cc(C#N)c1N1CCC(CN2CCC(c3ccc4c(c3)CN(C3CCC(=O)NC3=O)C4=O)CC2)CC1. The predicted molar refractivity (Wildman–Crippen MR) is 250 cm³/mol. The topological polar surface area (TPSA) is 216 Å². The molecule has 1 unspecified atom stereocenters. The van der Waals surface area contributed by atoms with Crippen molar-refractivity contribution in [2.45, 2.75) is 69.6 Å². The van der Waals surface area contributed by atoms with Crippen LogP contribution in [0.5, 0.6) is 0 Å². The Hall–Kier alpha value is -7.13. The van der Waals surface area contributed by atoms with E-state index in [1.54, 1.807) is 23.1 Å². The van der Waals surface area contributed by atoms with E-state index in [2.05, 4.69) is 43.3 Å². The number of pyridine rings is 1. The summed E-state index contributed by atoms with van der Waals surface area (Å²) in [7, 11) is -4.41. The van der Waals surface area contributed by atoms with Crippen LogP contribution in [0, 0.1) is 40.2 Å². The number of aromatic amines is 1. The summed E-state index contributed by atoms with van der Waals surface area (Å²) >= 11 is 0. The highest BCUT2D eigenvalue weighted by atomic mass is 32.2. The molecule has 0 spiro atoms. The molecule has 3 aromatic carbocycles. The van der Waals surface area contributed by atoms with Gasteiger partial charge in [0.1, 0.15) is 35.8 Å². The van der Waals surface area contributed by atoms with Crippen LogP contribution in [0.25, 0.3) is 22.2 Å². The van der Waals surface area contributed by atoms with Crippen LogP contribution in [0.15, 0.2) is 60.9 Å². The first kappa shape index (κ1) is 46.6. The fourth-order valence-electron chi connectivity index (χ4n) is 10.7. The molecule has 5 aromatic rings. The number of fused-ring (bicyclic) bond motifs is 2. The van der Waals surface area contributed by atoms with Crippen molar-refractivity contribution in [1.82, 2.24) is 29.4 Å². The average Bonchev–Trinajstić information content (AvgIpc) is 4.09. The molecular weight excluding hydrogens is 926 g/mol. The summed E-state index contributed by atoms with van der Waals surface area (Å²) in [5, 5.41) is 23.4. The van der Waals surface area contributed by atoms with Gasteiger partial charge in [0.05, 0.1) is 28.1 Å². The molecule has 16 nitrogen and oxygen atoms in total. The molecule has 10 rings (SSSR count). The van der Waals surface area contributed by atoms with Gasteiger partial charge < -0.3 is 19.7 Å². The van der Waals surface area contributed by atoms with Crippen molar-refractivity contribution >= 4 is 56.1 Å². The van der Waals surface area contributed by atoms with Crippen LogP contribution >= 0.6 is 0 Å². The first-order valence-corrected chi connectivity index (χ1v) is 24.8. The number of H-pyrrole nitrogens is 1. The number of aromatic nitrogens is 2. The van der Waals surface area contributed by atoms with E-state index < -0.39 is 63.5 Å². The van der Waals surface area contributed by atoms with E-state index in [9.17, 15) is 42.5 Å². The highest BCUT2D eigenvalue weighted by Crippen LogP contribution is 2.38. The Kier molecular flexibility index (Phi) is 12.4. The van der Waals surface area contributed by atoms with Gasteiger partial charge in [0.15, 0.2) is 5.82 Å².